The molecule has 0 spiro atoms. The Bertz CT molecular complexity index is 552. The van der Waals surface area contributed by atoms with Crippen LogP contribution in [0.4, 0.5) is 0 Å². The van der Waals surface area contributed by atoms with Gasteiger partial charge in [-0.25, -0.2) is 8.42 Å². The molecule has 1 aromatic rings. The standard InChI is InChI=1S/C12H22N4O2S/c1-9-4-5-16(11(6-9)7-13)19(17,18)12-8-14-15(3)10(12)2/h8-9,11H,4-7,13H2,1-3H3. The molecule has 2 N–H and O–H groups in total. The van der Waals surface area contributed by atoms with Gasteiger partial charge in [0, 0.05) is 26.2 Å². The molecule has 1 fully saturated rings. The smallest absolute Gasteiger partial charge is 0.246 e. The number of rotatable bonds is 3. The molecule has 0 amide bonds. The van der Waals surface area contributed by atoms with Gasteiger partial charge in [0.2, 0.25) is 10.0 Å². The van der Waals surface area contributed by atoms with Crippen LogP contribution in [-0.4, -0.2) is 41.6 Å². The van der Waals surface area contributed by atoms with E-state index in [9.17, 15) is 8.42 Å². The van der Waals surface area contributed by atoms with E-state index in [4.69, 9.17) is 5.73 Å². The van der Waals surface area contributed by atoms with Crippen molar-refractivity contribution < 1.29 is 8.42 Å². The highest BCUT2D eigenvalue weighted by molar-refractivity contribution is 7.89. The maximum atomic E-state index is 12.7. The number of sulfonamides is 1. The SMILES string of the molecule is Cc1c(S(=O)(=O)N2CCC(C)CC2CN)cnn1C. The van der Waals surface area contributed by atoms with Crippen LogP contribution in [-0.2, 0) is 17.1 Å². The third kappa shape index (κ3) is 2.54. The first-order valence-corrected chi connectivity index (χ1v) is 8.02. The highest BCUT2D eigenvalue weighted by atomic mass is 32.2. The second-order valence-corrected chi connectivity index (χ2v) is 7.21. The van der Waals surface area contributed by atoms with Crippen LogP contribution < -0.4 is 5.73 Å². The lowest BCUT2D eigenvalue weighted by Crippen LogP contribution is -2.49. The largest absolute Gasteiger partial charge is 0.329 e. The summed E-state index contributed by atoms with van der Waals surface area (Å²) in [5.41, 5.74) is 6.41. The first-order chi connectivity index (χ1) is 8.87. The van der Waals surface area contributed by atoms with E-state index in [1.165, 1.54) is 6.20 Å². The van der Waals surface area contributed by atoms with Gasteiger partial charge in [-0.05, 0) is 25.7 Å². The first-order valence-electron chi connectivity index (χ1n) is 6.58. The molecule has 1 saturated heterocycles. The fourth-order valence-electron chi connectivity index (χ4n) is 2.62. The van der Waals surface area contributed by atoms with Crippen LogP contribution >= 0.6 is 0 Å². The highest BCUT2D eigenvalue weighted by Gasteiger charge is 2.36. The predicted octanol–water partition coefficient (Wildman–Crippen LogP) is 0.476. The molecular formula is C12H22N4O2S. The number of hydrogen-bond donors (Lipinski definition) is 1. The normalized spacial score (nSPS) is 25.7. The minimum absolute atomic E-state index is 0.103. The number of hydrogen-bond acceptors (Lipinski definition) is 4. The Labute approximate surface area is 114 Å². The number of aromatic nitrogens is 2. The molecule has 0 aliphatic carbocycles. The molecule has 2 unspecified atom stereocenters. The van der Waals surface area contributed by atoms with Crippen LogP contribution in [0.2, 0.25) is 0 Å². The Hall–Kier alpha value is -0.920. The molecule has 2 rings (SSSR count). The van der Waals surface area contributed by atoms with Crippen LogP contribution in [0.15, 0.2) is 11.1 Å². The second-order valence-electron chi connectivity index (χ2n) is 5.35. The lowest BCUT2D eigenvalue weighted by molar-refractivity contribution is 0.211. The molecule has 19 heavy (non-hydrogen) atoms. The van der Waals surface area contributed by atoms with Crippen LogP contribution in [0.3, 0.4) is 0 Å². The van der Waals surface area contributed by atoms with Crippen molar-refractivity contribution >= 4 is 10.0 Å². The number of piperidine rings is 1. The molecule has 0 bridgehead atoms. The van der Waals surface area contributed by atoms with Crippen molar-refractivity contribution in [1.29, 1.82) is 0 Å². The van der Waals surface area contributed by atoms with E-state index < -0.39 is 10.0 Å². The fourth-order valence-corrected chi connectivity index (χ4v) is 4.47. The van der Waals surface area contributed by atoms with Gasteiger partial charge < -0.3 is 5.73 Å². The van der Waals surface area contributed by atoms with Gasteiger partial charge in [-0.3, -0.25) is 4.68 Å². The quantitative estimate of drug-likeness (QED) is 0.876. The van der Waals surface area contributed by atoms with Crippen molar-refractivity contribution in [3.63, 3.8) is 0 Å². The van der Waals surface area contributed by atoms with Gasteiger partial charge in [0.15, 0.2) is 0 Å². The summed E-state index contributed by atoms with van der Waals surface area (Å²) < 4.78 is 28.6. The van der Waals surface area contributed by atoms with Crippen molar-refractivity contribution in [1.82, 2.24) is 14.1 Å². The zero-order valence-corrected chi connectivity index (χ0v) is 12.5. The molecule has 0 radical (unpaired) electrons. The molecule has 0 aromatic carbocycles. The lowest BCUT2D eigenvalue weighted by Gasteiger charge is -2.36. The number of nitrogens with two attached hydrogens (primary N) is 1. The summed E-state index contributed by atoms with van der Waals surface area (Å²) in [6.45, 7) is 4.81. The Balaban J connectivity index is 2.36. The number of aryl methyl sites for hydroxylation is 1. The zero-order chi connectivity index (χ0) is 14.2. The van der Waals surface area contributed by atoms with Gasteiger partial charge in [-0.1, -0.05) is 6.92 Å². The fraction of sp³-hybridized carbons (Fsp3) is 0.750. The third-order valence-electron chi connectivity index (χ3n) is 3.97. The average molecular weight is 286 g/mol. The molecule has 0 saturated carbocycles. The van der Waals surface area contributed by atoms with Crippen molar-refractivity contribution in [2.24, 2.45) is 18.7 Å². The van der Waals surface area contributed by atoms with Gasteiger partial charge in [-0.15, -0.1) is 0 Å². The van der Waals surface area contributed by atoms with E-state index in [1.54, 1.807) is 23.0 Å². The third-order valence-corrected chi connectivity index (χ3v) is 6.03. The average Bonchev–Trinajstić information content (AvgIpc) is 2.70. The van der Waals surface area contributed by atoms with E-state index >= 15 is 0 Å². The summed E-state index contributed by atoms with van der Waals surface area (Å²) in [5, 5.41) is 4.02. The van der Waals surface area contributed by atoms with Gasteiger partial charge in [0.1, 0.15) is 4.90 Å². The van der Waals surface area contributed by atoms with Crippen LogP contribution in [0.25, 0.3) is 0 Å². The molecule has 1 aromatic heterocycles. The predicted molar refractivity (Wildman–Crippen MR) is 73.1 cm³/mol. The van der Waals surface area contributed by atoms with Crippen LogP contribution in [0.1, 0.15) is 25.5 Å². The molecule has 1 aliphatic heterocycles. The molecule has 1 aliphatic rings. The topological polar surface area (TPSA) is 81.2 Å². The summed E-state index contributed by atoms with van der Waals surface area (Å²) in [7, 11) is -1.74. The van der Waals surface area contributed by atoms with Crippen LogP contribution in [0, 0.1) is 12.8 Å². The van der Waals surface area contributed by atoms with E-state index in [0.29, 0.717) is 29.6 Å². The van der Waals surface area contributed by atoms with Crippen LogP contribution in [0.5, 0.6) is 0 Å². The maximum absolute atomic E-state index is 12.7. The van der Waals surface area contributed by atoms with Gasteiger partial charge >= 0.3 is 0 Å². The van der Waals surface area contributed by atoms with Crippen molar-refractivity contribution in [2.75, 3.05) is 13.1 Å². The summed E-state index contributed by atoms with van der Waals surface area (Å²) in [4.78, 5) is 0.294. The Kier molecular flexibility index (Phi) is 3.98. The minimum Gasteiger partial charge on any atom is -0.329 e. The summed E-state index contributed by atoms with van der Waals surface area (Å²) in [5.74, 6) is 0.523. The lowest BCUT2D eigenvalue weighted by atomic mass is 9.94. The van der Waals surface area contributed by atoms with Crippen molar-refractivity contribution in [3.8, 4) is 0 Å². The molecule has 2 heterocycles. The van der Waals surface area contributed by atoms with E-state index in [-0.39, 0.29) is 6.04 Å². The van der Waals surface area contributed by atoms with E-state index in [0.717, 1.165) is 12.8 Å². The first kappa shape index (κ1) is 14.5. The Morgan fingerprint density at radius 2 is 2.21 bits per heavy atom. The summed E-state index contributed by atoms with van der Waals surface area (Å²) >= 11 is 0. The second kappa shape index (κ2) is 5.22. The highest BCUT2D eigenvalue weighted by Crippen LogP contribution is 2.28. The van der Waals surface area contributed by atoms with E-state index in [1.807, 2.05) is 0 Å². The minimum atomic E-state index is -3.49. The van der Waals surface area contributed by atoms with Gasteiger partial charge in [0.05, 0.1) is 11.9 Å². The Morgan fingerprint density at radius 1 is 1.53 bits per heavy atom. The zero-order valence-electron chi connectivity index (χ0n) is 11.7. The maximum Gasteiger partial charge on any atom is 0.246 e. The molecule has 2 atom stereocenters. The van der Waals surface area contributed by atoms with E-state index in [2.05, 4.69) is 12.0 Å². The van der Waals surface area contributed by atoms with Crippen molar-refractivity contribution in [3.05, 3.63) is 11.9 Å². The molecule has 6 nitrogen and oxygen atoms in total. The molecule has 108 valence electrons. The van der Waals surface area contributed by atoms with Crippen molar-refractivity contribution in [2.45, 2.75) is 37.6 Å². The Morgan fingerprint density at radius 3 is 2.74 bits per heavy atom. The molecular weight excluding hydrogens is 264 g/mol. The van der Waals surface area contributed by atoms with Gasteiger partial charge in [0.25, 0.3) is 0 Å². The monoisotopic (exact) mass is 286 g/mol. The molecule has 7 heteroatoms. The number of nitrogens with zero attached hydrogens (tertiary/aromatic N) is 3. The summed E-state index contributed by atoms with van der Waals surface area (Å²) in [6.07, 6.45) is 3.14. The van der Waals surface area contributed by atoms with Gasteiger partial charge in [-0.2, -0.15) is 9.40 Å². The summed E-state index contributed by atoms with van der Waals surface area (Å²) in [6, 6.07) is -0.103.